The minimum absolute atomic E-state index is 0.0122. The highest BCUT2D eigenvalue weighted by Crippen LogP contribution is 2.31. The van der Waals surface area contributed by atoms with Crippen LogP contribution in [0.2, 0.25) is 0 Å². The molecule has 2 N–H and O–H groups in total. The lowest BCUT2D eigenvalue weighted by atomic mass is 9.88. The van der Waals surface area contributed by atoms with Gasteiger partial charge in [0.25, 0.3) is 0 Å². The number of ether oxygens (including phenoxy) is 4. The number of nitrogens with two attached hydrogens (primary N) is 1. The second kappa shape index (κ2) is 13.7. The summed E-state index contributed by atoms with van der Waals surface area (Å²) in [6.07, 6.45) is 0.621. The van der Waals surface area contributed by atoms with Gasteiger partial charge in [0.05, 0.1) is 13.7 Å². The monoisotopic (exact) mass is 479 g/mol. The summed E-state index contributed by atoms with van der Waals surface area (Å²) in [4.78, 5) is 48.4. The van der Waals surface area contributed by atoms with E-state index in [0.717, 1.165) is 0 Å². The summed E-state index contributed by atoms with van der Waals surface area (Å²) < 4.78 is 20.8. The number of carbonyl (C=O) groups excluding carboxylic acids is 4. The zero-order valence-corrected chi connectivity index (χ0v) is 21.0. The maximum absolute atomic E-state index is 12.4. The van der Waals surface area contributed by atoms with Gasteiger partial charge in [-0.15, -0.1) is 0 Å². The highest BCUT2D eigenvalue weighted by Gasteiger charge is 2.36. The fourth-order valence-corrected chi connectivity index (χ4v) is 3.10. The van der Waals surface area contributed by atoms with Gasteiger partial charge in [-0.25, -0.2) is 0 Å². The van der Waals surface area contributed by atoms with Crippen molar-refractivity contribution in [3.8, 4) is 11.5 Å². The van der Waals surface area contributed by atoms with Gasteiger partial charge in [0.15, 0.2) is 11.5 Å². The summed E-state index contributed by atoms with van der Waals surface area (Å²) in [5.74, 6) is -1.68. The first-order valence-corrected chi connectivity index (χ1v) is 11.5. The summed E-state index contributed by atoms with van der Waals surface area (Å²) in [7, 11) is 1.22. The largest absolute Gasteiger partial charge is 0.468 e. The van der Waals surface area contributed by atoms with Gasteiger partial charge in [0.2, 0.25) is 0 Å². The second-order valence-corrected chi connectivity index (χ2v) is 9.07. The molecule has 0 unspecified atom stereocenters. The third-order valence-corrected chi connectivity index (χ3v) is 4.82. The molecule has 0 aromatic heterocycles. The molecule has 0 radical (unpaired) electrons. The normalized spacial score (nSPS) is 12.7. The average Bonchev–Trinajstić information content (AvgIpc) is 2.73. The third kappa shape index (κ3) is 9.91. The van der Waals surface area contributed by atoms with Crippen LogP contribution in [0.15, 0.2) is 18.2 Å². The van der Waals surface area contributed by atoms with Crippen molar-refractivity contribution in [2.24, 2.45) is 17.6 Å². The van der Waals surface area contributed by atoms with Crippen molar-refractivity contribution in [3.63, 3.8) is 0 Å². The Hall–Kier alpha value is -2.94. The number of methoxy groups -OCH3 is 1. The van der Waals surface area contributed by atoms with E-state index in [1.807, 2.05) is 27.7 Å². The first-order chi connectivity index (χ1) is 15.9. The van der Waals surface area contributed by atoms with Gasteiger partial charge in [-0.05, 0) is 29.5 Å². The molecule has 0 bridgehead atoms. The van der Waals surface area contributed by atoms with Gasteiger partial charge in [0, 0.05) is 32.1 Å². The summed E-state index contributed by atoms with van der Waals surface area (Å²) in [6, 6.07) is 4.64. The predicted molar refractivity (Wildman–Crippen MR) is 125 cm³/mol. The molecule has 0 aliphatic heterocycles. The Balaban J connectivity index is 3.20. The van der Waals surface area contributed by atoms with E-state index < -0.39 is 29.4 Å². The number of esters is 4. The molecule has 0 saturated heterocycles. The molecule has 0 spiro atoms. The molecule has 0 aliphatic rings. The van der Waals surface area contributed by atoms with Crippen LogP contribution in [0, 0.1) is 11.8 Å². The molecule has 0 saturated carbocycles. The van der Waals surface area contributed by atoms with E-state index in [2.05, 4.69) is 0 Å². The molecule has 9 nitrogen and oxygen atoms in total. The Labute approximate surface area is 201 Å². The Morgan fingerprint density at radius 1 is 0.912 bits per heavy atom. The SMILES string of the molecule is CCC(=O)OCC[C@@](N)(Cc1ccc(OC(=O)CC(C)C)c(OC(=O)CC(C)C)c1)C(=O)OC. The molecule has 1 rings (SSSR count). The minimum atomic E-state index is -1.49. The number of benzene rings is 1. The van der Waals surface area contributed by atoms with E-state index in [-0.39, 0.29) is 62.0 Å². The number of hydrogen-bond acceptors (Lipinski definition) is 9. The van der Waals surface area contributed by atoms with Crippen molar-refractivity contribution >= 4 is 23.9 Å². The van der Waals surface area contributed by atoms with Crippen molar-refractivity contribution in [1.29, 1.82) is 0 Å². The van der Waals surface area contributed by atoms with Crippen LogP contribution < -0.4 is 15.2 Å². The van der Waals surface area contributed by atoms with Crippen LogP contribution >= 0.6 is 0 Å². The Kier molecular flexibility index (Phi) is 11.7. The third-order valence-electron chi connectivity index (χ3n) is 4.82. The summed E-state index contributed by atoms with van der Waals surface area (Å²) in [5.41, 5.74) is 5.40. The molecule has 0 amide bonds. The maximum Gasteiger partial charge on any atom is 0.326 e. The summed E-state index contributed by atoms with van der Waals surface area (Å²) >= 11 is 0. The van der Waals surface area contributed by atoms with Crippen molar-refractivity contribution in [2.75, 3.05) is 13.7 Å². The standard InChI is InChI=1S/C25H37NO8/c1-7-21(27)32-11-10-25(26,24(30)31-6)15-18-8-9-19(33-22(28)12-16(2)3)20(14-18)34-23(29)13-17(4)5/h8-9,14,16-17H,7,10-13,15,26H2,1-6H3/t25-/m1/s1. The smallest absolute Gasteiger partial charge is 0.326 e. The van der Waals surface area contributed by atoms with Crippen LogP contribution in [-0.2, 0) is 35.1 Å². The molecule has 190 valence electrons. The lowest BCUT2D eigenvalue weighted by molar-refractivity contribution is -0.151. The highest BCUT2D eigenvalue weighted by atomic mass is 16.6. The number of rotatable bonds is 13. The minimum Gasteiger partial charge on any atom is -0.468 e. The average molecular weight is 480 g/mol. The fourth-order valence-electron chi connectivity index (χ4n) is 3.10. The molecule has 0 heterocycles. The zero-order valence-electron chi connectivity index (χ0n) is 21.0. The van der Waals surface area contributed by atoms with Gasteiger partial charge in [0.1, 0.15) is 5.54 Å². The zero-order chi connectivity index (χ0) is 25.9. The van der Waals surface area contributed by atoms with E-state index in [1.165, 1.54) is 19.2 Å². The molecular weight excluding hydrogens is 442 g/mol. The van der Waals surface area contributed by atoms with E-state index in [4.69, 9.17) is 24.7 Å². The number of carbonyl (C=O) groups is 4. The molecule has 0 fully saturated rings. The van der Waals surface area contributed by atoms with Crippen molar-refractivity contribution in [2.45, 2.75) is 72.3 Å². The Morgan fingerprint density at radius 2 is 1.47 bits per heavy atom. The Bertz CT molecular complexity index is 864. The quantitative estimate of drug-likeness (QED) is 0.334. The molecule has 34 heavy (non-hydrogen) atoms. The lowest BCUT2D eigenvalue weighted by Gasteiger charge is -2.26. The first-order valence-electron chi connectivity index (χ1n) is 11.5. The lowest BCUT2D eigenvalue weighted by Crippen LogP contribution is -2.51. The molecule has 1 aromatic carbocycles. The van der Waals surface area contributed by atoms with Crippen molar-refractivity contribution in [1.82, 2.24) is 0 Å². The molecule has 9 heteroatoms. The van der Waals surface area contributed by atoms with E-state index >= 15 is 0 Å². The van der Waals surface area contributed by atoms with Crippen LogP contribution in [0.3, 0.4) is 0 Å². The highest BCUT2D eigenvalue weighted by molar-refractivity contribution is 5.81. The van der Waals surface area contributed by atoms with Gasteiger partial charge in [-0.1, -0.05) is 40.7 Å². The van der Waals surface area contributed by atoms with Crippen molar-refractivity contribution < 1.29 is 38.1 Å². The summed E-state index contributed by atoms with van der Waals surface area (Å²) in [6.45, 7) is 9.14. The molecule has 1 atom stereocenters. The van der Waals surface area contributed by atoms with Crippen molar-refractivity contribution in [3.05, 3.63) is 23.8 Å². The predicted octanol–water partition coefficient (Wildman–Crippen LogP) is 3.35. The van der Waals surface area contributed by atoms with Crippen LogP contribution in [0.5, 0.6) is 11.5 Å². The van der Waals surface area contributed by atoms with E-state index in [1.54, 1.807) is 13.0 Å². The topological polar surface area (TPSA) is 131 Å². The van der Waals surface area contributed by atoms with Gasteiger partial charge < -0.3 is 24.7 Å². The summed E-state index contributed by atoms with van der Waals surface area (Å²) in [5, 5.41) is 0. The fraction of sp³-hybridized carbons (Fsp3) is 0.600. The van der Waals surface area contributed by atoms with E-state index in [0.29, 0.717) is 5.56 Å². The number of hydrogen-bond donors (Lipinski definition) is 1. The van der Waals surface area contributed by atoms with E-state index in [9.17, 15) is 19.2 Å². The van der Waals surface area contributed by atoms with Crippen LogP contribution in [0.25, 0.3) is 0 Å². The second-order valence-electron chi connectivity index (χ2n) is 9.07. The first kappa shape index (κ1) is 29.1. The maximum atomic E-state index is 12.4. The van der Waals surface area contributed by atoms with Gasteiger partial charge in [-0.2, -0.15) is 0 Å². The molecule has 0 aliphatic carbocycles. The molecule has 1 aromatic rings. The van der Waals surface area contributed by atoms with Crippen LogP contribution in [0.1, 0.15) is 65.9 Å². The van der Waals surface area contributed by atoms with Crippen LogP contribution in [0.4, 0.5) is 0 Å². The molecular formula is C25H37NO8. The van der Waals surface area contributed by atoms with Gasteiger partial charge >= 0.3 is 23.9 Å². The van der Waals surface area contributed by atoms with Crippen LogP contribution in [-0.4, -0.2) is 43.1 Å². The van der Waals surface area contributed by atoms with Gasteiger partial charge in [-0.3, -0.25) is 19.2 Å². The Morgan fingerprint density at radius 3 is 1.97 bits per heavy atom.